The van der Waals surface area contributed by atoms with E-state index in [1.807, 2.05) is 58.9 Å². The Morgan fingerprint density at radius 3 is 1.72 bits per heavy atom. The van der Waals surface area contributed by atoms with Crippen molar-refractivity contribution < 1.29 is 43.5 Å². The first-order valence-corrected chi connectivity index (χ1v) is 25.2. The van der Waals surface area contributed by atoms with Gasteiger partial charge in [-0.25, -0.2) is 4.79 Å². The number of amides is 7. The number of rotatable bonds is 35. The summed E-state index contributed by atoms with van der Waals surface area (Å²) in [6.07, 6.45) is 5.19. The highest BCUT2D eigenvalue weighted by Crippen LogP contribution is 2.20. The van der Waals surface area contributed by atoms with E-state index in [4.69, 9.17) is 28.3 Å². The molecule has 23 nitrogen and oxygen atoms in total. The number of carboxylic acids is 1. The van der Waals surface area contributed by atoms with E-state index in [0.29, 0.717) is 51.6 Å². The van der Waals surface area contributed by atoms with Crippen LogP contribution in [0, 0.1) is 23.2 Å². The van der Waals surface area contributed by atoms with Crippen molar-refractivity contribution in [3.8, 4) is 0 Å². The number of H-pyrrole nitrogens is 1. The number of aromatic nitrogens is 1. The summed E-state index contributed by atoms with van der Waals surface area (Å²) in [4.78, 5) is 112. The van der Waals surface area contributed by atoms with Gasteiger partial charge >= 0.3 is 5.97 Å². The second-order valence-corrected chi connectivity index (χ2v) is 19.3. The number of nitrogens with two attached hydrogens (primary N) is 4. The lowest BCUT2D eigenvalue weighted by molar-refractivity contribution is -0.142. The third kappa shape index (κ3) is 22.4. The molecule has 0 aliphatic carbocycles. The van der Waals surface area contributed by atoms with Gasteiger partial charge in [-0.3, -0.25) is 39.0 Å². The molecule has 0 aliphatic rings. The van der Waals surface area contributed by atoms with Crippen LogP contribution in [0.15, 0.2) is 30.5 Å². The van der Waals surface area contributed by atoms with Crippen molar-refractivity contribution in [1.82, 2.24) is 47.5 Å². The smallest absolute Gasteiger partial charge is 0.326 e. The highest BCUT2D eigenvalue weighted by atomic mass is 16.4. The summed E-state index contributed by atoms with van der Waals surface area (Å²) in [6.45, 7) is 11.3. The number of hydrogen-bond acceptors (Lipinski definition) is 12. The van der Waals surface area contributed by atoms with Crippen molar-refractivity contribution >= 4 is 64.2 Å². The molecule has 404 valence electrons. The van der Waals surface area contributed by atoms with E-state index in [-0.39, 0.29) is 62.9 Å². The summed E-state index contributed by atoms with van der Waals surface area (Å²) < 4.78 is 0. The van der Waals surface area contributed by atoms with Crippen LogP contribution in [0.3, 0.4) is 0 Å². The lowest BCUT2D eigenvalue weighted by atomic mass is 9.96. The van der Waals surface area contributed by atoms with E-state index in [0.717, 1.165) is 16.5 Å². The fourth-order valence-corrected chi connectivity index (χ4v) is 7.93. The van der Waals surface area contributed by atoms with Crippen molar-refractivity contribution in [3.05, 3.63) is 36.0 Å². The standard InChI is InChI=1S/C49H84N14O9/c1-7-30(6)41(63-46(69)39(62-42(65)33(52)23-28(2)3)25-31-26-56-34-16-9-8-15-32(31)34)47(70)57-27-40(64)58-38(24-29(4)5)45(68)60-36(19-14-22-55-49(53)54)43(66)59-35(17-10-12-20-50)44(67)61-37(48(71)72)18-11-13-21-51/h8-9,15-16,26,28-30,33,35-39,41,56H,7,10-14,17-25,27,50-52H2,1-6H3,(H,57,70)(H,58,64)(H,59,66)(H,60,68)(H,61,67)(H,62,65)(H,63,69)(H,71,72)(H4,53,54,55)/t30-,33-,35-,36-,37-,38-,39-,41-/m0/s1. The molecule has 0 radical (unpaired) electrons. The molecule has 0 saturated carbocycles. The predicted molar refractivity (Wildman–Crippen MR) is 276 cm³/mol. The summed E-state index contributed by atoms with van der Waals surface area (Å²) in [7, 11) is 0. The molecule has 23 heteroatoms. The van der Waals surface area contributed by atoms with Gasteiger partial charge in [0.25, 0.3) is 0 Å². The van der Waals surface area contributed by atoms with Gasteiger partial charge in [-0.05, 0) is 107 Å². The largest absolute Gasteiger partial charge is 0.480 e. The number of aliphatic carboxylic acids is 1. The van der Waals surface area contributed by atoms with Crippen molar-refractivity contribution in [1.29, 1.82) is 5.41 Å². The van der Waals surface area contributed by atoms with Crippen LogP contribution in [0.5, 0.6) is 0 Å². The predicted octanol–water partition coefficient (Wildman–Crippen LogP) is -0.193. The molecular weight excluding hydrogens is 929 g/mol. The van der Waals surface area contributed by atoms with Crippen molar-refractivity contribution in [2.24, 2.45) is 40.7 Å². The van der Waals surface area contributed by atoms with Crippen LogP contribution in [0.1, 0.15) is 118 Å². The van der Waals surface area contributed by atoms with Gasteiger partial charge in [0.1, 0.15) is 36.3 Å². The van der Waals surface area contributed by atoms with Gasteiger partial charge in [0.2, 0.25) is 41.4 Å². The van der Waals surface area contributed by atoms with Gasteiger partial charge in [-0.2, -0.15) is 0 Å². The highest BCUT2D eigenvalue weighted by molar-refractivity contribution is 5.97. The maximum Gasteiger partial charge on any atom is 0.326 e. The SMILES string of the molecule is CC[C@H](C)[C@H](NC(=O)[C@H](Cc1c[nH]c2ccccc12)NC(=O)[C@@H](N)CC(C)C)C(=O)NCC(=O)N[C@@H](CC(C)C)C(=O)N[C@@H](CCCNC(=N)N)C(=O)N[C@@H](CCCCN)C(=O)N[C@@H](CCCCN)C(=O)O. The number of benzene rings is 1. The fraction of sp³-hybridized carbons (Fsp3) is 0.653. The van der Waals surface area contributed by atoms with Gasteiger partial charge in [0, 0.05) is 30.1 Å². The molecular formula is C49H84N14O9. The third-order valence-corrected chi connectivity index (χ3v) is 12.1. The normalized spacial score (nSPS) is 14.7. The van der Waals surface area contributed by atoms with Crippen molar-refractivity contribution in [2.75, 3.05) is 26.2 Å². The van der Waals surface area contributed by atoms with Crippen molar-refractivity contribution in [2.45, 2.75) is 161 Å². The second kappa shape index (κ2) is 32.6. The Labute approximate surface area is 423 Å². The molecule has 0 unspecified atom stereocenters. The van der Waals surface area contributed by atoms with E-state index in [1.54, 1.807) is 13.1 Å². The Bertz CT molecular complexity index is 2080. The van der Waals surface area contributed by atoms with Crippen LogP contribution in [0.25, 0.3) is 10.9 Å². The molecule has 2 rings (SSSR count). The first-order valence-electron chi connectivity index (χ1n) is 25.2. The number of carbonyl (C=O) groups excluding carboxylic acids is 7. The van der Waals surface area contributed by atoms with Gasteiger partial charge in [0.05, 0.1) is 12.6 Å². The Balaban J connectivity index is 2.30. The fourth-order valence-electron chi connectivity index (χ4n) is 7.93. The average Bonchev–Trinajstić information content (AvgIpc) is 3.73. The van der Waals surface area contributed by atoms with E-state index in [1.165, 1.54) is 0 Å². The Morgan fingerprint density at radius 1 is 0.639 bits per heavy atom. The van der Waals surface area contributed by atoms with E-state index in [2.05, 4.69) is 47.5 Å². The zero-order valence-corrected chi connectivity index (χ0v) is 43.0. The van der Waals surface area contributed by atoms with Crippen molar-refractivity contribution in [3.63, 3.8) is 0 Å². The molecule has 0 spiro atoms. The number of guanidine groups is 1. The number of aromatic amines is 1. The lowest BCUT2D eigenvalue weighted by Gasteiger charge is -2.28. The van der Waals surface area contributed by atoms with Crippen LogP contribution in [-0.2, 0) is 44.8 Å². The molecule has 1 heterocycles. The first kappa shape index (κ1) is 61.8. The van der Waals surface area contributed by atoms with Gasteiger partial charge in [0.15, 0.2) is 5.96 Å². The van der Waals surface area contributed by atoms with Gasteiger partial charge in [-0.1, -0.05) is 66.2 Å². The molecule has 2 aromatic rings. The topological polar surface area (TPSA) is 397 Å². The van der Waals surface area contributed by atoms with E-state index in [9.17, 15) is 43.5 Å². The number of fused-ring (bicyclic) bond motifs is 1. The Kier molecular flexibility index (Phi) is 28.0. The summed E-state index contributed by atoms with van der Waals surface area (Å²) >= 11 is 0. The summed E-state index contributed by atoms with van der Waals surface area (Å²) in [5.41, 5.74) is 24.5. The minimum Gasteiger partial charge on any atom is -0.480 e. The minimum absolute atomic E-state index is 0.00399. The van der Waals surface area contributed by atoms with Crippen LogP contribution in [0.2, 0.25) is 0 Å². The van der Waals surface area contributed by atoms with Crippen LogP contribution in [0.4, 0.5) is 0 Å². The molecule has 7 amide bonds. The zero-order chi connectivity index (χ0) is 53.9. The van der Waals surface area contributed by atoms with Crippen LogP contribution < -0.4 is 65.5 Å². The second-order valence-electron chi connectivity index (χ2n) is 19.3. The quantitative estimate of drug-likeness (QED) is 0.0242. The average molecular weight is 1010 g/mol. The molecule has 19 N–H and O–H groups in total. The zero-order valence-electron chi connectivity index (χ0n) is 43.0. The Morgan fingerprint density at radius 2 is 1.17 bits per heavy atom. The Hall–Kier alpha value is -6.33. The minimum atomic E-state index is -1.27. The van der Waals surface area contributed by atoms with Crippen LogP contribution in [-0.4, -0.2) is 132 Å². The van der Waals surface area contributed by atoms with Gasteiger partial charge in [-0.15, -0.1) is 0 Å². The maximum absolute atomic E-state index is 14.1. The number of carbonyl (C=O) groups is 8. The molecule has 0 bridgehead atoms. The highest BCUT2D eigenvalue weighted by Gasteiger charge is 2.34. The summed E-state index contributed by atoms with van der Waals surface area (Å²) in [5.74, 6) is -6.82. The number of hydrogen-bond donors (Lipinski definition) is 15. The van der Waals surface area contributed by atoms with Crippen LogP contribution >= 0.6 is 0 Å². The number of unbranched alkanes of at least 4 members (excludes halogenated alkanes) is 2. The molecule has 0 aliphatic heterocycles. The monoisotopic (exact) mass is 1010 g/mol. The molecule has 0 fully saturated rings. The third-order valence-electron chi connectivity index (χ3n) is 12.1. The maximum atomic E-state index is 14.1. The molecule has 0 saturated heterocycles. The molecule has 72 heavy (non-hydrogen) atoms. The first-order chi connectivity index (χ1) is 34.1. The summed E-state index contributed by atoms with van der Waals surface area (Å²) in [5, 5.41) is 39.5. The lowest BCUT2D eigenvalue weighted by Crippen LogP contribution is -2.59. The molecule has 1 aromatic heterocycles. The summed E-state index contributed by atoms with van der Waals surface area (Å²) in [6, 6.07) is -0.521. The number of nitrogens with one attached hydrogen (secondary N) is 10. The molecule has 8 atom stereocenters. The number of para-hydroxylation sites is 1. The van der Waals surface area contributed by atoms with E-state index < -0.39 is 102 Å². The molecule has 1 aromatic carbocycles. The number of carboxylic acid groups (broad SMARTS) is 1. The van der Waals surface area contributed by atoms with E-state index >= 15 is 0 Å². The van der Waals surface area contributed by atoms with Gasteiger partial charge < -0.3 is 75.6 Å².